The average molecular weight is 310 g/mol. The zero-order valence-electron chi connectivity index (χ0n) is 13.4. The van der Waals surface area contributed by atoms with Crippen LogP contribution in [-0.2, 0) is 9.59 Å². The number of halogens is 1. The summed E-state index contributed by atoms with van der Waals surface area (Å²) in [7, 11) is 0. The minimum Gasteiger partial charge on any atom is -0.388 e. The largest absolute Gasteiger partial charge is 0.388 e. The van der Waals surface area contributed by atoms with Crippen LogP contribution in [0.5, 0.6) is 0 Å². The molecule has 0 saturated carbocycles. The first-order valence-corrected chi connectivity index (χ1v) is 7.25. The lowest BCUT2D eigenvalue weighted by molar-refractivity contribution is -0.137. The molecule has 0 aromatic heterocycles. The number of carbonyl (C=O) groups is 2. The third kappa shape index (κ3) is 4.53. The maximum absolute atomic E-state index is 13.4. The van der Waals surface area contributed by atoms with Crippen LogP contribution < -0.4 is 10.6 Å². The molecule has 0 aliphatic heterocycles. The van der Waals surface area contributed by atoms with Gasteiger partial charge in [-0.3, -0.25) is 9.59 Å². The molecule has 2 amide bonds. The van der Waals surface area contributed by atoms with Gasteiger partial charge in [-0.2, -0.15) is 0 Å². The molecule has 0 bridgehead atoms. The predicted octanol–water partition coefficient (Wildman–Crippen LogP) is 1.99. The molecule has 2 unspecified atom stereocenters. The van der Waals surface area contributed by atoms with Gasteiger partial charge in [0.15, 0.2) is 0 Å². The number of rotatable bonds is 5. The number of aliphatic hydroxyl groups is 1. The van der Waals surface area contributed by atoms with Crippen LogP contribution in [-0.4, -0.2) is 29.1 Å². The van der Waals surface area contributed by atoms with Gasteiger partial charge in [0.25, 0.3) is 0 Å². The van der Waals surface area contributed by atoms with Gasteiger partial charge in [-0.1, -0.05) is 26.3 Å². The lowest BCUT2D eigenvalue weighted by Crippen LogP contribution is -2.47. The molecular formula is C16H23FN2O3. The van der Waals surface area contributed by atoms with E-state index < -0.39 is 23.2 Å². The normalized spacial score (nSPS) is 14.8. The number of hydrogen-bond donors (Lipinski definition) is 3. The van der Waals surface area contributed by atoms with E-state index in [2.05, 4.69) is 10.6 Å². The van der Waals surface area contributed by atoms with Gasteiger partial charge < -0.3 is 15.7 Å². The standard InChI is InChI=1S/C16H23FN2O3/c1-5-10(2)16(4,22)9-18-14(20)15(21)19-13-8-6-7-12(17)11(13)3/h6-8,10,22H,5,9H2,1-4H3,(H,18,20)(H,19,21). The molecule has 0 fully saturated rings. The fourth-order valence-corrected chi connectivity index (χ4v) is 1.88. The Morgan fingerprint density at radius 3 is 2.59 bits per heavy atom. The zero-order valence-corrected chi connectivity index (χ0v) is 13.4. The highest BCUT2D eigenvalue weighted by atomic mass is 19.1. The topological polar surface area (TPSA) is 78.4 Å². The van der Waals surface area contributed by atoms with Gasteiger partial charge in [0.05, 0.1) is 5.60 Å². The molecule has 0 aliphatic rings. The second-order valence-electron chi connectivity index (χ2n) is 5.72. The SMILES string of the molecule is CCC(C)C(C)(O)CNC(=O)C(=O)Nc1cccc(F)c1C. The van der Waals surface area contributed by atoms with Gasteiger partial charge in [-0.05, 0) is 31.9 Å². The quantitative estimate of drug-likeness (QED) is 0.728. The molecule has 3 N–H and O–H groups in total. The van der Waals surface area contributed by atoms with Crippen molar-refractivity contribution in [2.75, 3.05) is 11.9 Å². The third-order valence-electron chi connectivity index (χ3n) is 4.00. The molecule has 1 aromatic rings. The van der Waals surface area contributed by atoms with Crippen LogP contribution in [0.4, 0.5) is 10.1 Å². The van der Waals surface area contributed by atoms with Crippen molar-refractivity contribution in [2.45, 2.75) is 39.7 Å². The third-order valence-corrected chi connectivity index (χ3v) is 4.00. The Balaban J connectivity index is 2.63. The number of carbonyl (C=O) groups excluding carboxylic acids is 2. The highest BCUT2D eigenvalue weighted by Gasteiger charge is 2.28. The summed E-state index contributed by atoms with van der Waals surface area (Å²) in [5.74, 6) is -2.25. The fourth-order valence-electron chi connectivity index (χ4n) is 1.88. The molecule has 2 atom stereocenters. The van der Waals surface area contributed by atoms with E-state index in [-0.39, 0.29) is 23.7 Å². The number of amides is 2. The van der Waals surface area contributed by atoms with Crippen molar-refractivity contribution >= 4 is 17.5 Å². The zero-order chi connectivity index (χ0) is 16.9. The summed E-state index contributed by atoms with van der Waals surface area (Å²) in [6.07, 6.45) is 0.748. The van der Waals surface area contributed by atoms with Gasteiger partial charge >= 0.3 is 11.8 Å². The monoisotopic (exact) mass is 310 g/mol. The van der Waals surface area contributed by atoms with Crippen LogP contribution in [0, 0.1) is 18.7 Å². The number of hydrogen-bond acceptors (Lipinski definition) is 3. The Labute approximate surface area is 129 Å². The molecular weight excluding hydrogens is 287 g/mol. The first-order valence-electron chi connectivity index (χ1n) is 7.25. The number of anilines is 1. The minimum atomic E-state index is -1.10. The van der Waals surface area contributed by atoms with E-state index in [1.807, 2.05) is 13.8 Å². The highest BCUT2D eigenvalue weighted by molar-refractivity contribution is 6.39. The van der Waals surface area contributed by atoms with Crippen molar-refractivity contribution in [1.29, 1.82) is 0 Å². The van der Waals surface area contributed by atoms with Crippen molar-refractivity contribution in [2.24, 2.45) is 5.92 Å². The van der Waals surface area contributed by atoms with E-state index in [1.165, 1.54) is 25.1 Å². The molecule has 0 aliphatic carbocycles. The summed E-state index contributed by atoms with van der Waals surface area (Å²) in [4.78, 5) is 23.6. The van der Waals surface area contributed by atoms with Crippen molar-refractivity contribution in [3.63, 3.8) is 0 Å². The summed E-state index contributed by atoms with van der Waals surface area (Å²) in [5, 5.41) is 14.9. The molecule has 0 radical (unpaired) electrons. The second-order valence-corrected chi connectivity index (χ2v) is 5.72. The summed E-state index contributed by atoms with van der Waals surface area (Å²) >= 11 is 0. The Kier molecular flexibility index (Phi) is 6.05. The smallest absolute Gasteiger partial charge is 0.313 e. The molecule has 0 heterocycles. The van der Waals surface area contributed by atoms with Crippen LogP contribution in [0.25, 0.3) is 0 Å². The molecule has 22 heavy (non-hydrogen) atoms. The van der Waals surface area contributed by atoms with Crippen molar-refractivity contribution in [1.82, 2.24) is 5.32 Å². The average Bonchev–Trinajstić information content (AvgIpc) is 2.48. The lowest BCUT2D eigenvalue weighted by Gasteiger charge is -2.29. The highest BCUT2D eigenvalue weighted by Crippen LogP contribution is 2.19. The molecule has 1 aromatic carbocycles. The van der Waals surface area contributed by atoms with Gasteiger partial charge in [-0.25, -0.2) is 4.39 Å². The molecule has 122 valence electrons. The predicted molar refractivity (Wildman–Crippen MR) is 82.9 cm³/mol. The minimum absolute atomic E-state index is 0.0266. The second kappa shape index (κ2) is 7.35. The molecule has 0 saturated heterocycles. The van der Waals surface area contributed by atoms with Crippen molar-refractivity contribution in [3.05, 3.63) is 29.6 Å². The first kappa shape index (κ1) is 18.1. The molecule has 1 rings (SSSR count). The summed E-state index contributed by atoms with van der Waals surface area (Å²) in [6.45, 7) is 6.88. The summed E-state index contributed by atoms with van der Waals surface area (Å²) in [6, 6.07) is 4.23. The summed E-state index contributed by atoms with van der Waals surface area (Å²) < 4.78 is 13.4. The molecule has 5 nitrogen and oxygen atoms in total. The maximum atomic E-state index is 13.4. The Bertz CT molecular complexity index is 558. The maximum Gasteiger partial charge on any atom is 0.313 e. The van der Waals surface area contributed by atoms with Crippen LogP contribution >= 0.6 is 0 Å². The van der Waals surface area contributed by atoms with Crippen LogP contribution in [0.1, 0.15) is 32.8 Å². The van der Waals surface area contributed by atoms with Gasteiger partial charge in [0, 0.05) is 17.8 Å². The van der Waals surface area contributed by atoms with Gasteiger partial charge in [-0.15, -0.1) is 0 Å². The number of nitrogens with one attached hydrogen (secondary N) is 2. The first-order chi connectivity index (χ1) is 10.2. The van der Waals surface area contributed by atoms with E-state index in [1.54, 1.807) is 6.92 Å². The summed E-state index contributed by atoms with van der Waals surface area (Å²) in [5.41, 5.74) is -0.594. The van der Waals surface area contributed by atoms with E-state index in [4.69, 9.17) is 0 Å². The van der Waals surface area contributed by atoms with Crippen LogP contribution in [0.3, 0.4) is 0 Å². The molecule has 6 heteroatoms. The Morgan fingerprint density at radius 2 is 2.00 bits per heavy atom. The molecule has 0 spiro atoms. The fraction of sp³-hybridized carbons (Fsp3) is 0.500. The van der Waals surface area contributed by atoms with E-state index in [0.29, 0.717) is 0 Å². The van der Waals surface area contributed by atoms with E-state index in [9.17, 15) is 19.1 Å². The lowest BCUT2D eigenvalue weighted by atomic mass is 9.89. The van der Waals surface area contributed by atoms with E-state index in [0.717, 1.165) is 6.42 Å². The van der Waals surface area contributed by atoms with Gasteiger partial charge in [0.1, 0.15) is 5.82 Å². The van der Waals surface area contributed by atoms with Crippen molar-refractivity contribution in [3.8, 4) is 0 Å². The van der Waals surface area contributed by atoms with Crippen molar-refractivity contribution < 1.29 is 19.1 Å². The Hall–Kier alpha value is -1.95. The number of benzene rings is 1. The van der Waals surface area contributed by atoms with E-state index >= 15 is 0 Å². The van der Waals surface area contributed by atoms with Crippen LogP contribution in [0.15, 0.2) is 18.2 Å². The van der Waals surface area contributed by atoms with Gasteiger partial charge in [0.2, 0.25) is 0 Å². The van der Waals surface area contributed by atoms with Crippen LogP contribution in [0.2, 0.25) is 0 Å². The Morgan fingerprint density at radius 1 is 1.36 bits per heavy atom.